The van der Waals surface area contributed by atoms with E-state index in [0.29, 0.717) is 50.0 Å². The maximum atomic E-state index is 13.4. The van der Waals surface area contributed by atoms with Gasteiger partial charge in [0.2, 0.25) is 0 Å². The number of aryl methyl sites for hydroxylation is 2. The molecule has 36 heavy (non-hydrogen) atoms. The highest BCUT2D eigenvalue weighted by atomic mass is 32.2. The van der Waals surface area contributed by atoms with Gasteiger partial charge in [-0.15, -0.1) is 0 Å². The van der Waals surface area contributed by atoms with E-state index in [1.54, 1.807) is 50.2 Å². The van der Waals surface area contributed by atoms with E-state index in [4.69, 9.17) is 19.1 Å². The summed E-state index contributed by atoms with van der Waals surface area (Å²) in [4.78, 5) is 33.4. The van der Waals surface area contributed by atoms with E-state index in [1.807, 2.05) is 0 Å². The summed E-state index contributed by atoms with van der Waals surface area (Å²) in [7, 11) is -2.75. The number of nitrogens with one attached hydrogen (secondary N) is 2. The topological polar surface area (TPSA) is 152 Å². The van der Waals surface area contributed by atoms with Gasteiger partial charge < -0.3 is 19.6 Å². The number of carboxylic acids is 1. The molecular formula is C25H22N2O8S. The second-order valence-electron chi connectivity index (χ2n) is 8.11. The van der Waals surface area contributed by atoms with Crippen molar-refractivity contribution in [2.45, 2.75) is 25.7 Å². The number of furan rings is 1. The number of carbonyl (C=O) groups is 3. The monoisotopic (exact) mass is 510 g/mol. The molecule has 5 rings (SSSR count). The first kappa shape index (κ1) is 24.7. The molecule has 0 aliphatic carbocycles. The van der Waals surface area contributed by atoms with Crippen LogP contribution in [-0.2, 0) is 19.6 Å². The summed E-state index contributed by atoms with van der Waals surface area (Å²) >= 11 is 0. The first-order valence-corrected chi connectivity index (χ1v) is 12.1. The molecule has 1 aliphatic rings. The van der Waals surface area contributed by atoms with Crippen LogP contribution in [-0.4, -0.2) is 38.5 Å². The molecule has 0 unspecified atom stereocenters. The third-order valence-electron chi connectivity index (χ3n) is 5.63. The number of fused-ring (bicyclic) bond motifs is 1. The molecule has 4 aromatic rings. The van der Waals surface area contributed by atoms with E-state index < -0.39 is 22.0 Å². The SMILES string of the molecule is CC(=O)O.COC(=O)c1c(C)oc2cc(C)c(NS(=O)(=O)c3ccc4c5c(cccc35)C(=O)N4)cc12. The Balaban J connectivity index is 0.000000709. The lowest BCUT2D eigenvalue weighted by atomic mass is 10.1. The lowest BCUT2D eigenvalue weighted by Gasteiger charge is -2.13. The largest absolute Gasteiger partial charge is 0.481 e. The lowest BCUT2D eigenvalue weighted by molar-refractivity contribution is -0.134. The number of carbonyl (C=O) groups excluding carboxylic acids is 2. The number of amides is 1. The second kappa shape index (κ2) is 9.00. The molecule has 0 atom stereocenters. The molecule has 0 radical (unpaired) electrons. The summed E-state index contributed by atoms with van der Waals surface area (Å²) in [5.41, 5.74) is 2.64. The lowest BCUT2D eigenvalue weighted by Crippen LogP contribution is -2.14. The van der Waals surface area contributed by atoms with Crippen LogP contribution in [0.25, 0.3) is 21.7 Å². The molecule has 0 bridgehead atoms. The van der Waals surface area contributed by atoms with E-state index in [2.05, 4.69) is 10.0 Å². The molecule has 0 fully saturated rings. The van der Waals surface area contributed by atoms with Crippen molar-refractivity contribution < 1.29 is 37.1 Å². The summed E-state index contributed by atoms with van der Waals surface area (Å²) in [5, 5.41) is 11.6. The molecule has 0 saturated heterocycles. The average molecular weight is 511 g/mol. The second-order valence-corrected chi connectivity index (χ2v) is 9.76. The Morgan fingerprint density at radius 3 is 2.44 bits per heavy atom. The number of hydrogen-bond donors (Lipinski definition) is 3. The zero-order valence-electron chi connectivity index (χ0n) is 19.8. The molecule has 1 amide bonds. The van der Waals surface area contributed by atoms with Crippen molar-refractivity contribution in [2.24, 2.45) is 0 Å². The number of sulfonamides is 1. The van der Waals surface area contributed by atoms with Gasteiger partial charge in [0.05, 0.1) is 17.7 Å². The number of hydrogen-bond acceptors (Lipinski definition) is 7. The summed E-state index contributed by atoms with van der Waals surface area (Å²) in [6.07, 6.45) is 0. The molecule has 10 nitrogen and oxygen atoms in total. The van der Waals surface area contributed by atoms with E-state index in [0.717, 1.165) is 6.92 Å². The van der Waals surface area contributed by atoms with Gasteiger partial charge in [0, 0.05) is 34.3 Å². The van der Waals surface area contributed by atoms with Gasteiger partial charge >= 0.3 is 5.97 Å². The van der Waals surface area contributed by atoms with Crippen LogP contribution >= 0.6 is 0 Å². The number of rotatable bonds is 4. The Hall–Kier alpha value is -4.38. The minimum absolute atomic E-state index is 0.0469. The van der Waals surface area contributed by atoms with Crippen molar-refractivity contribution in [1.29, 1.82) is 0 Å². The van der Waals surface area contributed by atoms with Crippen LogP contribution in [0.5, 0.6) is 0 Å². The van der Waals surface area contributed by atoms with Gasteiger partial charge in [-0.1, -0.05) is 12.1 Å². The van der Waals surface area contributed by atoms with E-state index in [9.17, 15) is 18.0 Å². The van der Waals surface area contributed by atoms with Gasteiger partial charge in [-0.25, -0.2) is 13.2 Å². The number of aliphatic carboxylic acids is 1. The number of benzene rings is 3. The fourth-order valence-electron chi connectivity index (χ4n) is 4.13. The van der Waals surface area contributed by atoms with Crippen LogP contribution in [0, 0.1) is 13.8 Å². The Morgan fingerprint density at radius 2 is 1.78 bits per heavy atom. The molecule has 1 aliphatic heterocycles. The number of methoxy groups -OCH3 is 1. The number of ether oxygens (including phenoxy) is 1. The van der Waals surface area contributed by atoms with Crippen LogP contribution in [0.3, 0.4) is 0 Å². The molecule has 0 spiro atoms. The molecule has 3 aromatic carbocycles. The number of anilines is 2. The summed E-state index contributed by atoms with van der Waals surface area (Å²) in [6, 6.07) is 11.3. The van der Waals surface area contributed by atoms with Crippen LogP contribution < -0.4 is 10.0 Å². The Morgan fingerprint density at radius 1 is 1.08 bits per heavy atom. The first-order valence-electron chi connectivity index (χ1n) is 10.7. The molecule has 3 N–H and O–H groups in total. The van der Waals surface area contributed by atoms with Crippen LogP contribution in [0.1, 0.15) is 39.0 Å². The minimum atomic E-state index is -4.02. The third kappa shape index (κ3) is 4.24. The van der Waals surface area contributed by atoms with Gasteiger partial charge in [0.15, 0.2) is 0 Å². The van der Waals surface area contributed by atoms with E-state index in [-0.39, 0.29) is 16.4 Å². The van der Waals surface area contributed by atoms with Gasteiger partial charge in [-0.2, -0.15) is 0 Å². The number of carboxylic acid groups (broad SMARTS) is 1. The predicted molar refractivity (Wildman–Crippen MR) is 133 cm³/mol. The molecule has 11 heteroatoms. The van der Waals surface area contributed by atoms with Gasteiger partial charge in [-0.3, -0.25) is 14.3 Å². The fraction of sp³-hybridized carbons (Fsp3) is 0.160. The maximum Gasteiger partial charge on any atom is 0.342 e. The molecule has 0 saturated carbocycles. The minimum Gasteiger partial charge on any atom is -0.481 e. The van der Waals surface area contributed by atoms with Gasteiger partial charge in [0.25, 0.3) is 21.9 Å². The Kier molecular flexibility index (Phi) is 6.19. The Bertz CT molecular complexity index is 1680. The van der Waals surface area contributed by atoms with E-state index >= 15 is 0 Å². The van der Waals surface area contributed by atoms with Crippen LogP contribution in [0.4, 0.5) is 11.4 Å². The zero-order valence-corrected chi connectivity index (χ0v) is 20.6. The highest BCUT2D eigenvalue weighted by Gasteiger charge is 2.27. The van der Waals surface area contributed by atoms with Crippen molar-refractivity contribution >= 4 is 61.0 Å². The van der Waals surface area contributed by atoms with Gasteiger partial charge in [-0.05, 0) is 49.7 Å². The zero-order chi connectivity index (χ0) is 26.4. The Labute approximate surface area is 205 Å². The van der Waals surface area contributed by atoms with Crippen molar-refractivity contribution in [3.63, 3.8) is 0 Å². The highest BCUT2D eigenvalue weighted by Crippen LogP contribution is 2.38. The molecule has 1 aromatic heterocycles. The standard InChI is InChI=1S/C23H18N2O6S.C2H4O2/c1-11-9-18-15(20(12(2)31-18)23(27)30-3)10-17(11)25-32(28,29)19-8-7-16-21-13(19)5-4-6-14(21)22(26)24-16;1-2(3)4/h4-10,25H,1-3H3,(H,24,26);1H3,(H,3,4). The fourth-order valence-corrected chi connectivity index (χ4v) is 5.46. The van der Waals surface area contributed by atoms with E-state index in [1.165, 1.54) is 13.2 Å². The number of esters is 1. The van der Waals surface area contributed by atoms with Gasteiger partial charge in [0.1, 0.15) is 16.9 Å². The normalized spacial score (nSPS) is 12.2. The summed E-state index contributed by atoms with van der Waals surface area (Å²) < 4.78 is 39.9. The summed E-state index contributed by atoms with van der Waals surface area (Å²) in [5.74, 6) is -1.28. The highest BCUT2D eigenvalue weighted by molar-refractivity contribution is 7.93. The third-order valence-corrected chi connectivity index (χ3v) is 7.05. The van der Waals surface area contributed by atoms with Crippen molar-refractivity contribution in [1.82, 2.24) is 0 Å². The quantitative estimate of drug-likeness (QED) is 0.341. The molecule has 2 heterocycles. The maximum absolute atomic E-state index is 13.4. The molecular weight excluding hydrogens is 488 g/mol. The molecule has 186 valence electrons. The van der Waals surface area contributed by atoms with Crippen LogP contribution in [0.2, 0.25) is 0 Å². The van der Waals surface area contributed by atoms with Crippen molar-refractivity contribution in [3.05, 3.63) is 64.9 Å². The van der Waals surface area contributed by atoms with Crippen LogP contribution in [0.15, 0.2) is 51.8 Å². The first-order chi connectivity index (χ1) is 16.9. The van der Waals surface area contributed by atoms with Crippen molar-refractivity contribution in [2.75, 3.05) is 17.1 Å². The van der Waals surface area contributed by atoms with Crippen molar-refractivity contribution in [3.8, 4) is 0 Å². The predicted octanol–water partition coefficient (Wildman–Crippen LogP) is 4.45. The summed E-state index contributed by atoms with van der Waals surface area (Å²) in [6.45, 7) is 4.47. The average Bonchev–Trinajstić information content (AvgIpc) is 3.29. The smallest absolute Gasteiger partial charge is 0.342 e.